The zero-order valence-electron chi connectivity index (χ0n) is 61.8. The van der Waals surface area contributed by atoms with Crippen molar-refractivity contribution in [1.29, 1.82) is 0 Å². The van der Waals surface area contributed by atoms with Gasteiger partial charge in [-0.2, -0.15) is 0 Å². The Morgan fingerprint density at radius 3 is 0.868 bits per heavy atom. The van der Waals surface area contributed by atoms with Gasteiger partial charge >= 0.3 is 11.9 Å². The highest BCUT2D eigenvalue weighted by atomic mass is 16.7. The SMILES string of the molecule is CCCCCCC/C=C\C/C=C\CCCCCCCCCCCCCCCCCC(=O)OC(COC(=O)CCCCCCCCCCCCCCCCCCCCCCCCCCCCCCCCCCCCCCCCC)COC(OCC[N+](C)(C)C)C(=O)[O-]. The molecule has 0 heterocycles. The lowest BCUT2D eigenvalue weighted by Crippen LogP contribution is -2.44. The third kappa shape index (κ3) is 75.0. The van der Waals surface area contributed by atoms with Crippen molar-refractivity contribution in [2.24, 2.45) is 0 Å². The summed E-state index contributed by atoms with van der Waals surface area (Å²) in [5, 5.41) is 11.9. The third-order valence-electron chi connectivity index (χ3n) is 18.7. The maximum atomic E-state index is 13.0. The summed E-state index contributed by atoms with van der Waals surface area (Å²) < 4.78 is 22.9. The Morgan fingerprint density at radius 2 is 0.593 bits per heavy atom. The molecule has 0 bridgehead atoms. The highest BCUT2D eigenvalue weighted by Crippen LogP contribution is 2.20. The first-order valence-electron chi connectivity index (χ1n) is 40.5. The fourth-order valence-electron chi connectivity index (χ4n) is 12.5. The molecule has 2 unspecified atom stereocenters. The second-order valence-electron chi connectivity index (χ2n) is 29.1. The summed E-state index contributed by atoms with van der Waals surface area (Å²) in [5.74, 6) is -2.25. The van der Waals surface area contributed by atoms with Gasteiger partial charge in [0, 0.05) is 12.8 Å². The van der Waals surface area contributed by atoms with Gasteiger partial charge in [0.2, 0.25) is 0 Å². The van der Waals surface area contributed by atoms with Crippen molar-refractivity contribution in [2.75, 3.05) is 47.5 Å². The van der Waals surface area contributed by atoms with E-state index in [-0.39, 0.29) is 32.2 Å². The highest BCUT2D eigenvalue weighted by molar-refractivity contribution is 5.70. The number of carbonyl (C=O) groups is 3. The Morgan fingerprint density at radius 1 is 0.330 bits per heavy atom. The fraction of sp³-hybridized carbons (Fsp3) is 0.915. The van der Waals surface area contributed by atoms with E-state index in [9.17, 15) is 19.5 Å². The molecule has 9 heteroatoms. The van der Waals surface area contributed by atoms with Crippen molar-refractivity contribution in [3.05, 3.63) is 24.3 Å². The van der Waals surface area contributed by atoms with E-state index in [2.05, 4.69) is 38.2 Å². The van der Waals surface area contributed by atoms with Crippen LogP contribution in [-0.4, -0.2) is 82.3 Å². The number of unbranched alkanes of at least 4 members (excludes halogenated alkanes) is 58. The Hall–Kier alpha value is -2.23. The number of nitrogens with zero attached hydrogens (tertiary/aromatic N) is 1. The first-order chi connectivity index (χ1) is 44.6. The zero-order valence-corrected chi connectivity index (χ0v) is 61.8. The highest BCUT2D eigenvalue weighted by Gasteiger charge is 2.22. The second-order valence-corrected chi connectivity index (χ2v) is 29.1. The van der Waals surface area contributed by atoms with Gasteiger partial charge in [-0.3, -0.25) is 9.59 Å². The summed E-state index contributed by atoms with van der Waals surface area (Å²) >= 11 is 0. The van der Waals surface area contributed by atoms with Crippen molar-refractivity contribution in [1.82, 2.24) is 0 Å². The summed E-state index contributed by atoms with van der Waals surface area (Å²) in [6, 6.07) is 0. The second kappa shape index (κ2) is 73.6. The Kier molecular flexibility index (Phi) is 71.8. The smallest absolute Gasteiger partial charge is 0.306 e. The van der Waals surface area contributed by atoms with Crippen molar-refractivity contribution in [3.8, 4) is 0 Å². The van der Waals surface area contributed by atoms with Crippen molar-refractivity contribution in [2.45, 2.75) is 437 Å². The lowest BCUT2D eigenvalue weighted by molar-refractivity contribution is -0.870. The fourth-order valence-corrected chi connectivity index (χ4v) is 12.5. The van der Waals surface area contributed by atoms with Crippen LogP contribution < -0.4 is 5.11 Å². The van der Waals surface area contributed by atoms with E-state index >= 15 is 0 Å². The zero-order chi connectivity index (χ0) is 66.1. The standard InChI is InChI=1S/C82H157NO8/c1-6-8-10-12-14-16-18-20-22-24-26-28-30-32-34-35-36-37-38-39-40-41-42-43-44-45-47-48-50-52-54-56-58-60-62-64-66-68-70-72-79(84)89-76-78(77-90-82(81(86)87)88-75-74-83(3,4)5)91-80(85)73-71-69-67-65-63-61-59-57-55-53-51-49-46-33-31-29-27-25-23-21-19-17-15-13-11-9-7-2/h19,21,25,27,78,82H,6-18,20,22-24,26,28-77H2,1-5H3/b21-19-,27-25-. The number of ether oxygens (including phenoxy) is 4. The van der Waals surface area contributed by atoms with Gasteiger partial charge in [-0.1, -0.05) is 391 Å². The van der Waals surface area contributed by atoms with Crippen molar-refractivity contribution in [3.63, 3.8) is 0 Å². The molecule has 0 aliphatic rings. The normalized spacial score (nSPS) is 12.7. The van der Waals surface area contributed by atoms with Crippen LogP contribution in [0.25, 0.3) is 0 Å². The molecule has 0 fully saturated rings. The maximum absolute atomic E-state index is 13.0. The molecule has 538 valence electrons. The van der Waals surface area contributed by atoms with Gasteiger partial charge in [-0.05, 0) is 44.9 Å². The summed E-state index contributed by atoms with van der Waals surface area (Å²) in [5.41, 5.74) is 0. The predicted octanol–water partition coefficient (Wildman–Crippen LogP) is 24.4. The lowest BCUT2D eigenvalue weighted by Gasteiger charge is -2.26. The van der Waals surface area contributed by atoms with Gasteiger partial charge in [-0.15, -0.1) is 0 Å². The van der Waals surface area contributed by atoms with Crippen molar-refractivity contribution >= 4 is 17.9 Å². The molecule has 0 radical (unpaired) electrons. The third-order valence-corrected chi connectivity index (χ3v) is 18.7. The molecule has 0 amide bonds. The molecule has 91 heavy (non-hydrogen) atoms. The molecule has 0 aromatic rings. The first kappa shape index (κ1) is 88.8. The Bertz CT molecular complexity index is 1540. The van der Waals surface area contributed by atoms with Crippen LogP contribution in [0.15, 0.2) is 24.3 Å². The van der Waals surface area contributed by atoms with Crippen molar-refractivity contribution < 1.29 is 42.9 Å². The molecule has 0 N–H and O–H groups in total. The number of hydrogen-bond donors (Lipinski definition) is 0. The van der Waals surface area contributed by atoms with Gasteiger partial charge in [0.05, 0.1) is 40.3 Å². The summed E-state index contributed by atoms with van der Waals surface area (Å²) in [4.78, 5) is 37.6. The monoisotopic (exact) mass is 1280 g/mol. The molecule has 0 aromatic carbocycles. The van der Waals surface area contributed by atoms with Gasteiger partial charge in [-0.25, -0.2) is 0 Å². The molecule has 2 atom stereocenters. The number of aliphatic carboxylic acids is 1. The molecule has 0 aromatic heterocycles. The molecule has 0 spiro atoms. The molecular formula is C82H157NO8. The molecular weight excluding hydrogens is 1130 g/mol. The van der Waals surface area contributed by atoms with Gasteiger partial charge < -0.3 is 33.3 Å². The number of likely N-dealkylation sites (N-methyl/N-ethyl adjacent to an activating group) is 1. The topological polar surface area (TPSA) is 111 Å². The minimum absolute atomic E-state index is 0.151. The van der Waals surface area contributed by atoms with Gasteiger partial charge in [0.15, 0.2) is 12.4 Å². The van der Waals surface area contributed by atoms with E-state index in [0.29, 0.717) is 17.4 Å². The van der Waals surface area contributed by atoms with Crippen LogP contribution in [0.1, 0.15) is 425 Å². The summed E-state index contributed by atoms with van der Waals surface area (Å²) in [6.45, 7) is 4.82. The number of allylic oxidation sites excluding steroid dienone is 4. The van der Waals surface area contributed by atoms with Crippen LogP contribution in [0.5, 0.6) is 0 Å². The van der Waals surface area contributed by atoms with Crippen LogP contribution in [0.4, 0.5) is 0 Å². The summed E-state index contributed by atoms with van der Waals surface area (Å²) in [6.07, 6.45) is 90.3. The van der Waals surface area contributed by atoms with E-state index in [1.54, 1.807) is 0 Å². The number of carboxylic acid groups (broad SMARTS) is 1. The Balaban J connectivity index is 3.92. The molecule has 0 aliphatic carbocycles. The molecule has 0 rings (SSSR count). The minimum Gasteiger partial charge on any atom is -0.545 e. The molecule has 0 saturated heterocycles. The van der Waals surface area contributed by atoms with Gasteiger partial charge in [0.1, 0.15) is 13.2 Å². The number of quaternary nitrogens is 1. The minimum atomic E-state index is -1.62. The van der Waals surface area contributed by atoms with Crippen LogP contribution in [0, 0.1) is 0 Å². The number of esters is 2. The quantitative estimate of drug-likeness (QED) is 0.0195. The van der Waals surface area contributed by atoms with Crippen LogP contribution in [-0.2, 0) is 33.3 Å². The number of hydrogen-bond acceptors (Lipinski definition) is 8. The van der Waals surface area contributed by atoms with E-state index in [1.807, 2.05) is 21.1 Å². The average Bonchev–Trinajstić information content (AvgIpc) is 3.46. The van der Waals surface area contributed by atoms with Gasteiger partial charge in [0.25, 0.3) is 0 Å². The first-order valence-corrected chi connectivity index (χ1v) is 40.5. The molecule has 0 aliphatic heterocycles. The summed E-state index contributed by atoms with van der Waals surface area (Å²) in [7, 11) is 5.95. The largest absolute Gasteiger partial charge is 0.545 e. The Labute approximate surface area is 567 Å². The predicted molar refractivity (Wildman–Crippen MR) is 390 cm³/mol. The number of rotatable bonds is 77. The average molecular weight is 1290 g/mol. The molecule has 9 nitrogen and oxygen atoms in total. The number of carboxylic acids is 1. The van der Waals surface area contributed by atoms with E-state index in [4.69, 9.17) is 18.9 Å². The lowest BCUT2D eigenvalue weighted by atomic mass is 10.0. The number of carbonyl (C=O) groups excluding carboxylic acids is 3. The van der Waals surface area contributed by atoms with E-state index in [1.165, 1.54) is 353 Å². The molecule has 0 saturated carbocycles. The van der Waals surface area contributed by atoms with Crippen LogP contribution in [0.3, 0.4) is 0 Å². The van der Waals surface area contributed by atoms with Crippen LogP contribution in [0.2, 0.25) is 0 Å². The van der Waals surface area contributed by atoms with E-state index < -0.39 is 24.3 Å². The maximum Gasteiger partial charge on any atom is 0.306 e. The van der Waals surface area contributed by atoms with Crippen LogP contribution >= 0.6 is 0 Å². The van der Waals surface area contributed by atoms with E-state index in [0.717, 1.165) is 44.9 Å².